The summed E-state index contributed by atoms with van der Waals surface area (Å²) in [6, 6.07) is 0.320. The molecular formula is C19H35N5O2S. The third kappa shape index (κ3) is 6.30. The number of guanidine groups is 1. The summed E-state index contributed by atoms with van der Waals surface area (Å²) < 4.78 is 0. The van der Waals surface area contributed by atoms with Crippen molar-refractivity contribution in [2.75, 3.05) is 45.2 Å². The Morgan fingerprint density at radius 2 is 1.78 bits per heavy atom. The molecule has 8 heteroatoms. The monoisotopic (exact) mass is 397 g/mol. The smallest absolute Gasteiger partial charge is 0.227 e. The van der Waals surface area contributed by atoms with E-state index in [1.807, 2.05) is 25.6 Å². The largest absolute Gasteiger partial charge is 0.359 e. The molecule has 0 aromatic rings. The van der Waals surface area contributed by atoms with Crippen LogP contribution in [0.4, 0.5) is 0 Å². The van der Waals surface area contributed by atoms with Crippen molar-refractivity contribution in [3.63, 3.8) is 0 Å². The first-order valence-electron chi connectivity index (χ1n) is 9.93. The SMILES string of the molecule is CN=C(NCC(C)(C)C(=O)NC)NC1CCC(C(=O)N2CCSCC2)CC1. The average Bonchev–Trinajstić information content (AvgIpc) is 2.71. The Hall–Kier alpha value is -1.44. The third-order valence-corrected chi connectivity index (χ3v) is 6.45. The Morgan fingerprint density at radius 1 is 1.15 bits per heavy atom. The number of carbonyl (C=O) groups is 2. The van der Waals surface area contributed by atoms with Crippen molar-refractivity contribution in [1.29, 1.82) is 0 Å². The van der Waals surface area contributed by atoms with Gasteiger partial charge in [0, 0.05) is 57.2 Å². The standard InChI is InChI=1S/C19H35N5O2S/c1-19(2,17(26)20-3)13-22-18(21-4)23-15-7-5-14(6-8-15)16(25)24-9-11-27-12-10-24/h14-15H,5-13H2,1-4H3,(H,20,26)(H2,21,22,23). The predicted octanol–water partition coefficient (Wildman–Crippen LogP) is 1.06. The van der Waals surface area contributed by atoms with Crippen LogP contribution in [0.25, 0.3) is 0 Å². The number of amides is 2. The van der Waals surface area contributed by atoms with E-state index in [0.717, 1.165) is 56.2 Å². The molecule has 1 saturated heterocycles. The Kier molecular flexibility index (Phi) is 8.26. The second-order valence-electron chi connectivity index (χ2n) is 8.02. The summed E-state index contributed by atoms with van der Waals surface area (Å²) in [6.07, 6.45) is 3.80. The van der Waals surface area contributed by atoms with E-state index in [9.17, 15) is 9.59 Å². The molecule has 2 rings (SSSR count). The molecule has 1 saturated carbocycles. The van der Waals surface area contributed by atoms with Crippen molar-refractivity contribution in [3.05, 3.63) is 0 Å². The molecule has 27 heavy (non-hydrogen) atoms. The maximum absolute atomic E-state index is 12.7. The van der Waals surface area contributed by atoms with Crippen LogP contribution >= 0.6 is 11.8 Å². The van der Waals surface area contributed by atoms with E-state index in [4.69, 9.17) is 0 Å². The molecule has 7 nitrogen and oxygen atoms in total. The first-order valence-corrected chi connectivity index (χ1v) is 11.1. The predicted molar refractivity (Wildman–Crippen MR) is 112 cm³/mol. The molecule has 3 N–H and O–H groups in total. The summed E-state index contributed by atoms with van der Waals surface area (Å²) in [4.78, 5) is 30.9. The van der Waals surface area contributed by atoms with Gasteiger partial charge in [0.1, 0.15) is 0 Å². The lowest BCUT2D eigenvalue weighted by Crippen LogP contribution is -2.50. The second-order valence-corrected chi connectivity index (χ2v) is 9.24. The number of carbonyl (C=O) groups excluding carboxylic acids is 2. The van der Waals surface area contributed by atoms with Crippen LogP contribution in [0.3, 0.4) is 0 Å². The Bertz CT molecular complexity index is 538. The van der Waals surface area contributed by atoms with Gasteiger partial charge in [-0.2, -0.15) is 11.8 Å². The molecule has 0 radical (unpaired) electrons. The highest BCUT2D eigenvalue weighted by Crippen LogP contribution is 2.27. The molecule has 154 valence electrons. The zero-order chi connectivity index (χ0) is 19.9. The van der Waals surface area contributed by atoms with Crippen molar-refractivity contribution >= 4 is 29.5 Å². The van der Waals surface area contributed by atoms with E-state index in [1.54, 1.807) is 14.1 Å². The maximum atomic E-state index is 12.7. The number of hydrogen-bond donors (Lipinski definition) is 3. The number of rotatable bonds is 5. The fourth-order valence-corrected chi connectivity index (χ4v) is 4.54. The first-order chi connectivity index (χ1) is 12.9. The number of hydrogen-bond acceptors (Lipinski definition) is 4. The van der Waals surface area contributed by atoms with E-state index >= 15 is 0 Å². The van der Waals surface area contributed by atoms with Gasteiger partial charge in [0.05, 0.1) is 5.41 Å². The van der Waals surface area contributed by atoms with Gasteiger partial charge in [0.2, 0.25) is 11.8 Å². The highest BCUT2D eigenvalue weighted by Gasteiger charge is 2.31. The van der Waals surface area contributed by atoms with Crippen LogP contribution in [0.1, 0.15) is 39.5 Å². The lowest BCUT2D eigenvalue weighted by molar-refractivity contribution is -0.136. The molecule has 0 spiro atoms. The van der Waals surface area contributed by atoms with Crippen LogP contribution in [0.2, 0.25) is 0 Å². The van der Waals surface area contributed by atoms with Crippen molar-refractivity contribution in [1.82, 2.24) is 20.9 Å². The Morgan fingerprint density at radius 3 is 2.33 bits per heavy atom. The fraction of sp³-hybridized carbons (Fsp3) is 0.842. The third-order valence-electron chi connectivity index (χ3n) is 5.50. The van der Waals surface area contributed by atoms with Crippen LogP contribution in [-0.2, 0) is 9.59 Å². The molecule has 1 aliphatic heterocycles. The summed E-state index contributed by atoms with van der Waals surface area (Å²) in [6.45, 7) is 6.12. The minimum Gasteiger partial charge on any atom is -0.359 e. The minimum atomic E-state index is -0.511. The molecule has 1 aliphatic carbocycles. The van der Waals surface area contributed by atoms with Gasteiger partial charge in [0.25, 0.3) is 0 Å². The summed E-state index contributed by atoms with van der Waals surface area (Å²) >= 11 is 1.93. The molecule has 2 aliphatic rings. The normalized spacial score (nSPS) is 24.3. The highest BCUT2D eigenvalue weighted by molar-refractivity contribution is 7.99. The Labute approximate surface area is 167 Å². The van der Waals surface area contributed by atoms with Crippen LogP contribution in [0.5, 0.6) is 0 Å². The number of aliphatic imine (C=N–C) groups is 1. The molecule has 0 aromatic heterocycles. The maximum Gasteiger partial charge on any atom is 0.227 e. The van der Waals surface area contributed by atoms with Gasteiger partial charge in [0.15, 0.2) is 5.96 Å². The van der Waals surface area contributed by atoms with Gasteiger partial charge < -0.3 is 20.9 Å². The van der Waals surface area contributed by atoms with Gasteiger partial charge in [-0.3, -0.25) is 14.6 Å². The number of nitrogens with zero attached hydrogens (tertiary/aromatic N) is 2. The zero-order valence-corrected chi connectivity index (χ0v) is 18.0. The van der Waals surface area contributed by atoms with E-state index in [2.05, 4.69) is 25.8 Å². The fourth-order valence-electron chi connectivity index (χ4n) is 3.64. The summed E-state index contributed by atoms with van der Waals surface area (Å²) in [5.41, 5.74) is -0.511. The summed E-state index contributed by atoms with van der Waals surface area (Å²) in [5, 5.41) is 9.41. The van der Waals surface area contributed by atoms with Crippen LogP contribution in [0, 0.1) is 11.3 Å². The van der Waals surface area contributed by atoms with Crippen molar-refractivity contribution in [2.24, 2.45) is 16.3 Å². The lowest BCUT2D eigenvalue weighted by Gasteiger charge is -2.34. The zero-order valence-electron chi connectivity index (χ0n) is 17.1. The van der Waals surface area contributed by atoms with Crippen molar-refractivity contribution in [3.8, 4) is 0 Å². The van der Waals surface area contributed by atoms with Gasteiger partial charge in [-0.1, -0.05) is 0 Å². The molecule has 1 heterocycles. The molecule has 2 amide bonds. The molecular weight excluding hydrogens is 362 g/mol. The molecule has 0 unspecified atom stereocenters. The van der Waals surface area contributed by atoms with E-state index in [0.29, 0.717) is 18.5 Å². The van der Waals surface area contributed by atoms with Gasteiger partial charge in [-0.25, -0.2) is 0 Å². The Balaban J connectivity index is 1.76. The minimum absolute atomic E-state index is 0.000543. The molecule has 0 aromatic carbocycles. The quantitative estimate of drug-likeness (QED) is 0.477. The highest BCUT2D eigenvalue weighted by atomic mass is 32.2. The first kappa shape index (κ1) is 21.9. The van der Waals surface area contributed by atoms with Gasteiger partial charge in [-0.15, -0.1) is 0 Å². The van der Waals surface area contributed by atoms with Gasteiger partial charge in [-0.05, 0) is 39.5 Å². The van der Waals surface area contributed by atoms with Crippen molar-refractivity contribution in [2.45, 2.75) is 45.6 Å². The van der Waals surface area contributed by atoms with Gasteiger partial charge >= 0.3 is 0 Å². The molecule has 0 atom stereocenters. The number of thioether (sulfide) groups is 1. The summed E-state index contributed by atoms with van der Waals surface area (Å²) in [7, 11) is 3.39. The second kappa shape index (κ2) is 10.2. The van der Waals surface area contributed by atoms with E-state index < -0.39 is 5.41 Å². The molecule has 0 bridgehead atoms. The summed E-state index contributed by atoms with van der Waals surface area (Å²) in [5.74, 6) is 3.38. The van der Waals surface area contributed by atoms with Crippen LogP contribution in [0.15, 0.2) is 4.99 Å². The van der Waals surface area contributed by atoms with Crippen LogP contribution in [-0.4, -0.2) is 74.0 Å². The topological polar surface area (TPSA) is 85.8 Å². The average molecular weight is 398 g/mol. The number of nitrogens with one attached hydrogen (secondary N) is 3. The van der Waals surface area contributed by atoms with E-state index in [-0.39, 0.29) is 11.8 Å². The lowest BCUT2D eigenvalue weighted by atomic mass is 9.85. The molecule has 2 fully saturated rings. The van der Waals surface area contributed by atoms with Crippen molar-refractivity contribution < 1.29 is 9.59 Å². The van der Waals surface area contributed by atoms with E-state index in [1.165, 1.54) is 0 Å². The van der Waals surface area contributed by atoms with Crippen LogP contribution < -0.4 is 16.0 Å².